The van der Waals surface area contributed by atoms with Crippen LogP contribution in [0.15, 0.2) is 0 Å². The summed E-state index contributed by atoms with van der Waals surface area (Å²) in [4.78, 5) is 24.6. The Hall–Kier alpha value is -1.10. The molecule has 5 heteroatoms. The fourth-order valence-electron chi connectivity index (χ4n) is 2.81. The van der Waals surface area contributed by atoms with Crippen molar-refractivity contribution in [1.82, 2.24) is 4.90 Å². The highest BCUT2D eigenvalue weighted by Gasteiger charge is 2.35. The van der Waals surface area contributed by atoms with Gasteiger partial charge in [-0.15, -0.1) is 0 Å². The Balaban J connectivity index is 2.56. The third-order valence-electron chi connectivity index (χ3n) is 3.80. The quantitative estimate of drug-likeness (QED) is 0.738. The molecular weight excluding hydrogens is 246 g/mol. The van der Waals surface area contributed by atoms with E-state index in [1.807, 2.05) is 13.8 Å². The first kappa shape index (κ1) is 16.0. The first-order valence-electron chi connectivity index (χ1n) is 7.15. The van der Waals surface area contributed by atoms with Crippen LogP contribution < -0.4 is 0 Å². The highest BCUT2D eigenvalue weighted by atomic mass is 16.4. The molecule has 0 aromatic carbocycles. The average Bonchev–Trinajstić information content (AvgIpc) is 2.78. The Bertz CT molecular complexity index is 323. The zero-order valence-corrected chi connectivity index (χ0v) is 11.9. The number of aliphatic hydroxyl groups is 1. The molecule has 0 aliphatic carbocycles. The van der Waals surface area contributed by atoms with Gasteiger partial charge in [-0.25, -0.2) is 0 Å². The van der Waals surface area contributed by atoms with Gasteiger partial charge in [0, 0.05) is 13.1 Å². The van der Waals surface area contributed by atoms with Crippen molar-refractivity contribution in [3.8, 4) is 0 Å². The van der Waals surface area contributed by atoms with E-state index in [-0.39, 0.29) is 18.9 Å². The Labute approximate surface area is 114 Å². The van der Waals surface area contributed by atoms with Gasteiger partial charge < -0.3 is 15.1 Å². The van der Waals surface area contributed by atoms with Gasteiger partial charge in [-0.05, 0) is 19.3 Å². The van der Waals surface area contributed by atoms with Crippen molar-refractivity contribution in [2.45, 2.75) is 58.0 Å². The number of amides is 1. The van der Waals surface area contributed by atoms with Crippen LogP contribution in [0.25, 0.3) is 0 Å². The normalized spacial score (nSPS) is 19.7. The van der Waals surface area contributed by atoms with Crippen molar-refractivity contribution >= 4 is 11.9 Å². The molecule has 1 aliphatic heterocycles. The minimum absolute atomic E-state index is 0.112. The Morgan fingerprint density at radius 3 is 2.26 bits per heavy atom. The van der Waals surface area contributed by atoms with Gasteiger partial charge in [0.05, 0.1) is 17.9 Å². The Kier molecular flexibility index (Phi) is 5.79. The summed E-state index contributed by atoms with van der Waals surface area (Å²) in [6, 6.07) is 0. The van der Waals surface area contributed by atoms with Crippen LogP contribution in [-0.2, 0) is 9.59 Å². The molecular formula is C14H25NO4. The van der Waals surface area contributed by atoms with E-state index in [1.54, 1.807) is 4.90 Å². The number of carbonyl (C=O) groups excluding carboxylic acids is 1. The number of nitrogens with zero attached hydrogens (tertiary/aromatic N) is 1. The molecule has 0 radical (unpaired) electrons. The molecule has 0 bridgehead atoms. The summed E-state index contributed by atoms with van der Waals surface area (Å²) in [5, 5.41) is 19.4. The molecule has 110 valence electrons. The molecule has 0 aromatic heterocycles. The number of hydrogen-bond donors (Lipinski definition) is 2. The highest BCUT2D eigenvalue weighted by Crippen LogP contribution is 2.26. The lowest BCUT2D eigenvalue weighted by Gasteiger charge is -2.29. The van der Waals surface area contributed by atoms with Crippen LogP contribution in [0.2, 0.25) is 0 Å². The van der Waals surface area contributed by atoms with E-state index in [9.17, 15) is 14.7 Å². The molecule has 2 N–H and O–H groups in total. The molecule has 0 saturated carbocycles. The second-order valence-electron chi connectivity index (χ2n) is 5.56. The molecule has 1 heterocycles. The van der Waals surface area contributed by atoms with E-state index in [0.29, 0.717) is 25.8 Å². The first-order valence-corrected chi connectivity index (χ1v) is 7.15. The SMILES string of the molecule is CCCC(O)(CCC)CC(=O)N1CCC(C(=O)O)C1. The monoisotopic (exact) mass is 271 g/mol. The van der Waals surface area contributed by atoms with Crippen molar-refractivity contribution in [2.75, 3.05) is 13.1 Å². The van der Waals surface area contributed by atoms with Crippen LogP contribution in [0.3, 0.4) is 0 Å². The molecule has 5 nitrogen and oxygen atoms in total. The highest BCUT2D eigenvalue weighted by molar-refractivity contribution is 5.79. The van der Waals surface area contributed by atoms with Crippen molar-refractivity contribution in [3.63, 3.8) is 0 Å². The second kappa shape index (κ2) is 6.89. The third-order valence-corrected chi connectivity index (χ3v) is 3.80. The summed E-state index contributed by atoms with van der Waals surface area (Å²) in [6.07, 6.45) is 3.52. The lowest BCUT2D eigenvalue weighted by atomic mass is 9.89. The third kappa shape index (κ3) is 4.49. The largest absolute Gasteiger partial charge is 0.481 e. The second-order valence-corrected chi connectivity index (χ2v) is 5.56. The van der Waals surface area contributed by atoms with Crippen LogP contribution in [-0.4, -0.2) is 45.7 Å². The molecule has 19 heavy (non-hydrogen) atoms. The summed E-state index contributed by atoms with van der Waals surface area (Å²) >= 11 is 0. The van der Waals surface area contributed by atoms with Gasteiger partial charge in [-0.3, -0.25) is 9.59 Å². The zero-order valence-electron chi connectivity index (χ0n) is 11.9. The number of carbonyl (C=O) groups is 2. The first-order chi connectivity index (χ1) is 8.91. The van der Waals surface area contributed by atoms with Crippen LogP contribution in [0.4, 0.5) is 0 Å². The molecule has 1 unspecified atom stereocenters. The number of likely N-dealkylation sites (tertiary alicyclic amines) is 1. The van der Waals surface area contributed by atoms with Gasteiger partial charge in [0.15, 0.2) is 0 Å². The van der Waals surface area contributed by atoms with Crippen LogP contribution in [0.1, 0.15) is 52.4 Å². The van der Waals surface area contributed by atoms with E-state index >= 15 is 0 Å². The lowest BCUT2D eigenvalue weighted by Crippen LogP contribution is -2.38. The van der Waals surface area contributed by atoms with E-state index in [4.69, 9.17) is 5.11 Å². The van der Waals surface area contributed by atoms with Gasteiger partial charge in [0.1, 0.15) is 0 Å². The van der Waals surface area contributed by atoms with Crippen molar-refractivity contribution < 1.29 is 19.8 Å². The zero-order chi connectivity index (χ0) is 14.5. The number of hydrogen-bond acceptors (Lipinski definition) is 3. The standard InChI is InChI=1S/C14H25NO4/c1-3-6-14(19,7-4-2)9-12(16)15-8-5-11(10-15)13(17)18/h11,19H,3-10H2,1-2H3,(H,17,18). The van der Waals surface area contributed by atoms with Gasteiger partial charge in [0.25, 0.3) is 0 Å². The molecule has 1 saturated heterocycles. The van der Waals surface area contributed by atoms with Crippen molar-refractivity contribution in [3.05, 3.63) is 0 Å². The fraction of sp³-hybridized carbons (Fsp3) is 0.857. The van der Waals surface area contributed by atoms with Gasteiger partial charge >= 0.3 is 5.97 Å². The Morgan fingerprint density at radius 2 is 1.84 bits per heavy atom. The summed E-state index contributed by atoms with van der Waals surface area (Å²) in [5.74, 6) is -1.41. The smallest absolute Gasteiger partial charge is 0.308 e. The minimum Gasteiger partial charge on any atom is -0.481 e. The number of carboxylic acids is 1. The molecule has 0 aromatic rings. The van der Waals surface area contributed by atoms with Crippen LogP contribution in [0, 0.1) is 5.92 Å². The van der Waals surface area contributed by atoms with E-state index in [0.717, 1.165) is 12.8 Å². The summed E-state index contributed by atoms with van der Waals surface area (Å²) in [7, 11) is 0. The van der Waals surface area contributed by atoms with Crippen LogP contribution in [0.5, 0.6) is 0 Å². The summed E-state index contributed by atoms with van der Waals surface area (Å²) in [6.45, 7) is 4.75. The van der Waals surface area contributed by atoms with Gasteiger partial charge in [0.2, 0.25) is 5.91 Å². The topological polar surface area (TPSA) is 77.8 Å². The lowest BCUT2D eigenvalue weighted by molar-refractivity contribution is -0.141. The van der Waals surface area contributed by atoms with Gasteiger partial charge in [-0.1, -0.05) is 26.7 Å². The van der Waals surface area contributed by atoms with Crippen LogP contribution >= 0.6 is 0 Å². The minimum atomic E-state index is -0.929. The van der Waals surface area contributed by atoms with Gasteiger partial charge in [-0.2, -0.15) is 0 Å². The van der Waals surface area contributed by atoms with E-state index in [2.05, 4.69) is 0 Å². The van der Waals surface area contributed by atoms with E-state index in [1.165, 1.54) is 0 Å². The summed E-state index contributed by atoms with van der Waals surface area (Å²) in [5.41, 5.74) is -0.929. The van der Waals surface area contributed by atoms with Crippen molar-refractivity contribution in [1.29, 1.82) is 0 Å². The summed E-state index contributed by atoms with van der Waals surface area (Å²) < 4.78 is 0. The maximum Gasteiger partial charge on any atom is 0.308 e. The number of carboxylic acid groups (broad SMARTS) is 1. The predicted molar refractivity (Wildman–Crippen MR) is 71.7 cm³/mol. The number of aliphatic carboxylic acids is 1. The predicted octanol–water partition coefficient (Wildman–Crippen LogP) is 1.64. The average molecular weight is 271 g/mol. The molecule has 0 spiro atoms. The molecule has 1 atom stereocenters. The molecule has 1 fully saturated rings. The maximum atomic E-state index is 12.2. The molecule has 1 amide bonds. The Morgan fingerprint density at radius 1 is 1.26 bits per heavy atom. The number of rotatable bonds is 7. The molecule has 1 aliphatic rings. The molecule has 1 rings (SSSR count). The van der Waals surface area contributed by atoms with E-state index < -0.39 is 17.5 Å². The fourth-order valence-corrected chi connectivity index (χ4v) is 2.81. The van der Waals surface area contributed by atoms with Crippen molar-refractivity contribution in [2.24, 2.45) is 5.92 Å². The maximum absolute atomic E-state index is 12.2.